The van der Waals surface area contributed by atoms with Crippen LogP contribution in [0, 0.1) is 0 Å². The molecule has 0 aromatic heterocycles. The second-order valence-corrected chi connectivity index (χ2v) is 6.64. The Morgan fingerprint density at radius 1 is 1.38 bits per heavy atom. The zero-order chi connectivity index (χ0) is 15.1. The van der Waals surface area contributed by atoms with Gasteiger partial charge in [-0.3, -0.25) is 4.79 Å². The Morgan fingerprint density at radius 3 is 2.86 bits per heavy atom. The number of carbonyl (C=O) groups is 1. The summed E-state index contributed by atoms with van der Waals surface area (Å²) >= 11 is 1.61. The molecular formula is C17H26N2OS. The Labute approximate surface area is 132 Å². The van der Waals surface area contributed by atoms with Crippen molar-refractivity contribution in [2.24, 2.45) is 0 Å². The van der Waals surface area contributed by atoms with E-state index in [1.165, 1.54) is 12.0 Å². The van der Waals surface area contributed by atoms with Crippen LogP contribution in [0.4, 0.5) is 0 Å². The molecule has 1 aromatic carbocycles. The lowest BCUT2D eigenvalue weighted by Crippen LogP contribution is -2.49. The number of piperidine rings is 1. The van der Waals surface area contributed by atoms with Crippen molar-refractivity contribution >= 4 is 17.7 Å². The van der Waals surface area contributed by atoms with Crippen LogP contribution >= 0.6 is 11.8 Å². The third-order valence-corrected chi connectivity index (χ3v) is 4.78. The van der Waals surface area contributed by atoms with Crippen molar-refractivity contribution in [3.05, 3.63) is 35.9 Å². The van der Waals surface area contributed by atoms with Crippen LogP contribution in [0.5, 0.6) is 0 Å². The van der Waals surface area contributed by atoms with Gasteiger partial charge in [-0.25, -0.2) is 0 Å². The summed E-state index contributed by atoms with van der Waals surface area (Å²) in [6.45, 7) is 3.27. The van der Waals surface area contributed by atoms with Crippen LogP contribution in [0.3, 0.4) is 0 Å². The van der Waals surface area contributed by atoms with Crippen molar-refractivity contribution in [3.63, 3.8) is 0 Å². The lowest BCUT2D eigenvalue weighted by atomic mass is 10.0. The normalized spacial score (nSPS) is 19.4. The summed E-state index contributed by atoms with van der Waals surface area (Å²) in [5.74, 6) is 0.856. The Hall–Kier alpha value is -1.00. The van der Waals surface area contributed by atoms with Crippen LogP contribution in [-0.2, 0) is 11.2 Å². The minimum absolute atomic E-state index is 0.261. The predicted octanol–water partition coefficient (Wildman–Crippen LogP) is 2.51. The minimum atomic E-state index is 0.261. The van der Waals surface area contributed by atoms with Gasteiger partial charge >= 0.3 is 0 Å². The maximum Gasteiger partial charge on any atom is 0.232 e. The number of hydrogen-bond acceptors (Lipinski definition) is 3. The third-order valence-electron chi connectivity index (χ3n) is 4.25. The van der Waals surface area contributed by atoms with Crippen molar-refractivity contribution in [2.45, 2.75) is 25.3 Å². The van der Waals surface area contributed by atoms with E-state index in [0.717, 1.165) is 32.5 Å². The Morgan fingerprint density at radius 2 is 2.14 bits per heavy atom. The first-order valence-corrected chi connectivity index (χ1v) is 9.11. The molecule has 0 N–H and O–H groups in total. The van der Waals surface area contributed by atoms with Crippen LogP contribution in [-0.4, -0.2) is 60.4 Å². The molecule has 0 spiro atoms. The lowest BCUT2D eigenvalue weighted by molar-refractivity contribution is -0.130. The van der Waals surface area contributed by atoms with E-state index < -0.39 is 0 Å². The predicted molar refractivity (Wildman–Crippen MR) is 90.8 cm³/mol. The molecule has 1 fully saturated rings. The molecule has 1 atom stereocenters. The molecular weight excluding hydrogens is 280 g/mol. The van der Waals surface area contributed by atoms with E-state index in [2.05, 4.69) is 35.2 Å². The van der Waals surface area contributed by atoms with Gasteiger partial charge in [0, 0.05) is 26.2 Å². The molecule has 1 amide bonds. The molecule has 4 heteroatoms. The molecule has 0 bridgehead atoms. The van der Waals surface area contributed by atoms with E-state index >= 15 is 0 Å². The zero-order valence-corrected chi connectivity index (χ0v) is 13.9. The molecule has 21 heavy (non-hydrogen) atoms. The lowest BCUT2D eigenvalue weighted by Gasteiger charge is -2.37. The number of thioether (sulfide) groups is 1. The zero-order valence-electron chi connectivity index (χ0n) is 13.1. The topological polar surface area (TPSA) is 23.6 Å². The number of nitrogens with zero attached hydrogens (tertiary/aromatic N) is 2. The number of hydrogen-bond donors (Lipinski definition) is 0. The highest BCUT2D eigenvalue weighted by Gasteiger charge is 2.25. The summed E-state index contributed by atoms with van der Waals surface area (Å²) in [5.41, 5.74) is 1.39. The average Bonchev–Trinajstić information content (AvgIpc) is 2.54. The van der Waals surface area contributed by atoms with Crippen molar-refractivity contribution in [1.82, 2.24) is 9.80 Å². The fourth-order valence-electron chi connectivity index (χ4n) is 2.91. The fourth-order valence-corrected chi connectivity index (χ4v) is 3.36. The van der Waals surface area contributed by atoms with E-state index in [9.17, 15) is 4.79 Å². The Balaban J connectivity index is 1.81. The van der Waals surface area contributed by atoms with Gasteiger partial charge in [0.1, 0.15) is 0 Å². The second-order valence-electron chi connectivity index (χ2n) is 5.77. The molecule has 0 radical (unpaired) electrons. The highest BCUT2D eigenvalue weighted by atomic mass is 32.2. The first-order chi connectivity index (χ1) is 10.2. The van der Waals surface area contributed by atoms with Crippen LogP contribution in [0.15, 0.2) is 30.3 Å². The minimum Gasteiger partial charge on any atom is -0.341 e. The molecule has 1 saturated heterocycles. The van der Waals surface area contributed by atoms with Gasteiger partial charge in [-0.05, 0) is 37.6 Å². The first-order valence-electron chi connectivity index (χ1n) is 7.71. The maximum absolute atomic E-state index is 12.0. The summed E-state index contributed by atoms with van der Waals surface area (Å²) in [5, 5.41) is 0. The molecule has 116 valence electrons. The van der Waals surface area contributed by atoms with Gasteiger partial charge in [0.15, 0.2) is 0 Å². The summed E-state index contributed by atoms with van der Waals surface area (Å²) < 4.78 is 0. The summed E-state index contributed by atoms with van der Waals surface area (Å²) in [6, 6.07) is 11.0. The van der Waals surface area contributed by atoms with E-state index in [1.54, 1.807) is 11.8 Å². The Kier molecular flexibility index (Phi) is 6.58. The molecule has 0 aliphatic carbocycles. The smallest absolute Gasteiger partial charge is 0.232 e. The van der Waals surface area contributed by atoms with Gasteiger partial charge < -0.3 is 9.80 Å². The van der Waals surface area contributed by atoms with E-state index in [-0.39, 0.29) is 5.91 Å². The SMILES string of the molecule is CSCC(=O)N(C)C1CCCN(CCc2ccccc2)C1. The second kappa shape index (κ2) is 8.44. The summed E-state index contributed by atoms with van der Waals surface area (Å²) in [7, 11) is 1.96. The van der Waals surface area contributed by atoms with Crippen LogP contribution in [0.2, 0.25) is 0 Å². The van der Waals surface area contributed by atoms with E-state index in [4.69, 9.17) is 0 Å². The molecule has 2 rings (SSSR count). The summed E-state index contributed by atoms with van der Waals surface area (Å²) in [6.07, 6.45) is 5.41. The molecule has 3 nitrogen and oxygen atoms in total. The average molecular weight is 306 g/mol. The van der Waals surface area contributed by atoms with E-state index in [1.807, 2.05) is 18.2 Å². The molecule has 1 aromatic rings. The van der Waals surface area contributed by atoms with Crippen LogP contribution in [0.1, 0.15) is 18.4 Å². The third kappa shape index (κ3) is 5.04. The number of rotatable bonds is 6. The van der Waals surface area contributed by atoms with Gasteiger partial charge in [-0.2, -0.15) is 11.8 Å². The number of benzene rings is 1. The molecule has 1 unspecified atom stereocenters. The molecule has 1 aliphatic heterocycles. The van der Waals surface area contributed by atoms with Crippen molar-refractivity contribution in [2.75, 3.05) is 38.7 Å². The van der Waals surface area contributed by atoms with Crippen molar-refractivity contribution in [1.29, 1.82) is 0 Å². The number of likely N-dealkylation sites (tertiary alicyclic amines) is 1. The van der Waals surface area contributed by atoms with Gasteiger partial charge in [0.25, 0.3) is 0 Å². The van der Waals surface area contributed by atoms with Gasteiger partial charge in [-0.1, -0.05) is 30.3 Å². The maximum atomic E-state index is 12.0. The van der Waals surface area contributed by atoms with Crippen molar-refractivity contribution in [3.8, 4) is 0 Å². The standard InChI is InChI=1S/C17H26N2OS/c1-18(17(20)14-21-2)16-9-6-11-19(13-16)12-10-15-7-4-3-5-8-15/h3-5,7-8,16H,6,9-14H2,1-2H3. The monoisotopic (exact) mass is 306 g/mol. The molecule has 1 aliphatic rings. The van der Waals surface area contributed by atoms with Gasteiger partial charge in [0.2, 0.25) is 5.91 Å². The quantitative estimate of drug-likeness (QED) is 0.807. The largest absolute Gasteiger partial charge is 0.341 e. The van der Waals surface area contributed by atoms with Crippen LogP contribution < -0.4 is 0 Å². The number of amides is 1. The fraction of sp³-hybridized carbons (Fsp3) is 0.588. The van der Waals surface area contributed by atoms with E-state index in [0.29, 0.717) is 11.8 Å². The van der Waals surface area contributed by atoms with Crippen LogP contribution in [0.25, 0.3) is 0 Å². The number of carbonyl (C=O) groups excluding carboxylic acids is 1. The Bertz CT molecular complexity index is 438. The van der Waals surface area contributed by atoms with Gasteiger partial charge in [0.05, 0.1) is 5.75 Å². The molecule has 0 saturated carbocycles. The first kappa shape index (κ1) is 16.4. The van der Waals surface area contributed by atoms with Crippen molar-refractivity contribution < 1.29 is 4.79 Å². The summed E-state index contributed by atoms with van der Waals surface area (Å²) in [4.78, 5) is 16.5. The highest BCUT2D eigenvalue weighted by Crippen LogP contribution is 2.16. The highest BCUT2D eigenvalue weighted by molar-refractivity contribution is 7.99. The van der Waals surface area contributed by atoms with Gasteiger partial charge in [-0.15, -0.1) is 0 Å². The molecule has 1 heterocycles. The number of likely N-dealkylation sites (N-methyl/N-ethyl adjacent to an activating group) is 1.